The van der Waals surface area contributed by atoms with Crippen LogP contribution in [0, 0.1) is 0 Å². The van der Waals surface area contributed by atoms with Crippen LogP contribution in [0.2, 0.25) is 18.1 Å². The van der Waals surface area contributed by atoms with Crippen molar-refractivity contribution in [2.75, 3.05) is 6.61 Å². The van der Waals surface area contributed by atoms with E-state index in [2.05, 4.69) is 33.9 Å². The molecule has 0 saturated carbocycles. The van der Waals surface area contributed by atoms with Crippen molar-refractivity contribution >= 4 is 30.9 Å². The van der Waals surface area contributed by atoms with E-state index in [1.165, 1.54) is 22.6 Å². The van der Waals surface area contributed by atoms with Gasteiger partial charge in [-0.1, -0.05) is 20.8 Å². The van der Waals surface area contributed by atoms with E-state index >= 15 is 0 Å². The SMILES string of the molecule is CC(C)(C)[Si](C)(C)OCCCC(F)(F)I. The summed E-state index contributed by atoms with van der Waals surface area (Å²) in [6, 6.07) is 0. The Labute approximate surface area is 106 Å². The molecule has 15 heavy (non-hydrogen) atoms. The van der Waals surface area contributed by atoms with Crippen LogP contribution < -0.4 is 0 Å². The number of hydrogen-bond acceptors (Lipinski definition) is 1. The smallest absolute Gasteiger partial charge is 0.296 e. The normalized spacial score (nSPS) is 14.4. The summed E-state index contributed by atoms with van der Waals surface area (Å²) < 4.78 is 28.2. The van der Waals surface area contributed by atoms with Crippen LogP contribution in [-0.2, 0) is 4.43 Å². The zero-order valence-electron chi connectivity index (χ0n) is 10.2. The van der Waals surface area contributed by atoms with Crippen molar-refractivity contribution in [3.63, 3.8) is 0 Å². The van der Waals surface area contributed by atoms with E-state index < -0.39 is 12.2 Å². The fourth-order valence-electron chi connectivity index (χ4n) is 0.816. The van der Waals surface area contributed by atoms with E-state index in [1.807, 2.05) is 0 Å². The van der Waals surface area contributed by atoms with Crippen LogP contribution in [0.25, 0.3) is 0 Å². The highest BCUT2D eigenvalue weighted by molar-refractivity contribution is 14.1. The molecule has 0 aliphatic rings. The van der Waals surface area contributed by atoms with E-state index in [-0.39, 0.29) is 11.5 Å². The van der Waals surface area contributed by atoms with Crippen molar-refractivity contribution in [2.45, 2.75) is 55.7 Å². The molecule has 0 heterocycles. The zero-order chi connectivity index (χ0) is 12.3. The molecule has 0 bridgehead atoms. The predicted molar refractivity (Wildman–Crippen MR) is 71.4 cm³/mol. The maximum Gasteiger partial charge on any atom is 0.296 e. The van der Waals surface area contributed by atoms with E-state index in [1.54, 1.807) is 0 Å². The molecule has 0 aromatic heterocycles. The van der Waals surface area contributed by atoms with Gasteiger partial charge in [-0.3, -0.25) is 0 Å². The monoisotopic (exact) mass is 350 g/mol. The molecule has 0 aliphatic carbocycles. The van der Waals surface area contributed by atoms with Gasteiger partial charge in [-0.15, -0.1) is 0 Å². The Morgan fingerprint density at radius 1 is 1.20 bits per heavy atom. The van der Waals surface area contributed by atoms with Crippen LogP contribution in [0.15, 0.2) is 0 Å². The van der Waals surface area contributed by atoms with Crippen LogP contribution in [-0.4, -0.2) is 18.9 Å². The third-order valence-electron chi connectivity index (χ3n) is 2.87. The maximum atomic E-state index is 12.5. The van der Waals surface area contributed by atoms with Crippen molar-refractivity contribution < 1.29 is 13.2 Å². The van der Waals surface area contributed by atoms with Crippen LogP contribution in [0.4, 0.5) is 8.78 Å². The molecule has 5 heteroatoms. The molecule has 0 saturated heterocycles. The average molecular weight is 350 g/mol. The molecule has 0 rings (SSSR count). The van der Waals surface area contributed by atoms with Gasteiger partial charge < -0.3 is 4.43 Å². The Kier molecular flexibility index (Phi) is 5.68. The van der Waals surface area contributed by atoms with Crippen LogP contribution >= 0.6 is 22.6 Å². The standard InChI is InChI=1S/C10H21F2IOSi/c1-9(2,3)15(4,5)14-8-6-7-10(11,12)13/h6-8H2,1-5H3. The minimum Gasteiger partial charge on any atom is -0.417 e. The molecule has 0 atom stereocenters. The summed E-state index contributed by atoms with van der Waals surface area (Å²) in [5, 5.41) is 0.153. The first-order chi connectivity index (χ1) is 6.46. The summed E-state index contributed by atoms with van der Waals surface area (Å²) in [5.74, 6) is 0. The third-order valence-corrected chi connectivity index (χ3v) is 7.95. The van der Waals surface area contributed by atoms with Gasteiger partial charge in [-0.25, -0.2) is 0 Å². The lowest BCUT2D eigenvalue weighted by Gasteiger charge is -2.36. The van der Waals surface area contributed by atoms with Gasteiger partial charge >= 0.3 is 0 Å². The van der Waals surface area contributed by atoms with Gasteiger partial charge in [-0.2, -0.15) is 8.78 Å². The number of rotatable bonds is 5. The minimum atomic E-state index is -2.59. The average Bonchev–Trinajstić information content (AvgIpc) is 1.94. The molecule has 0 spiro atoms. The summed E-state index contributed by atoms with van der Waals surface area (Å²) in [4.78, 5) is 0. The van der Waals surface area contributed by atoms with E-state index in [4.69, 9.17) is 4.43 Å². The highest BCUT2D eigenvalue weighted by Crippen LogP contribution is 2.37. The number of alkyl halides is 3. The molecule has 0 unspecified atom stereocenters. The fraction of sp³-hybridized carbons (Fsp3) is 1.00. The lowest BCUT2D eigenvalue weighted by atomic mass is 10.2. The molecule has 0 amide bonds. The summed E-state index contributed by atoms with van der Waals surface area (Å²) >= 11 is 1.18. The van der Waals surface area contributed by atoms with Gasteiger partial charge in [0.05, 0.1) is 0 Å². The molecular weight excluding hydrogens is 329 g/mol. The number of halogens is 3. The largest absolute Gasteiger partial charge is 0.417 e. The van der Waals surface area contributed by atoms with Crippen molar-refractivity contribution in [1.82, 2.24) is 0 Å². The Balaban J connectivity index is 3.87. The fourth-order valence-corrected chi connectivity index (χ4v) is 2.29. The second kappa shape index (κ2) is 5.40. The second-order valence-electron chi connectivity index (χ2n) is 5.33. The first-order valence-electron chi connectivity index (χ1n) is 5.16. The molecule has 0 aliphatic heterocycles. The van der Waals surface area contributed by atoms with Crippen molar-refractivity contribution in [1.29, 1.82) is 0 Å². The summed E-state index contributed by atoms with van der Waals surface area (Å²) in [7, 11) is -1.75. The van der Waals surface area contributed by atoms with E-state index in [9.17, 15) is 8.78 Å². The zero-order valence-corrected chi connectivity index (χ0v) is 13.3. The van der Waals surface area contributed by atoms with Crippen molar-refractivity contribution in [3.8, 4) is 0 Å². The predicted octanol–water partition coefficient (Wildman–Crippen LogP) is 4.82. The minimum absolute atomic E-state index is 0.0951. The first kappa shape index (κ1) is 15.8. The molecule has 0 aromatic carbocycles. The number of hydrogen-bond donors (Lipinski definition) is 0. The molecule has 0 N–H and O–H groups in total. The Bertz CT molecular complexity index is 197. The molecule has 0 aromatic rings. The second-order valence-corrected chi connectivity index (χ2v) is 11.7. The van der Waals surface area contributed by atoms with Crippen LogP contribution in [0.5, 0.6) is 0 Å². The highest BCUT2D eigenvalue weighted by Gasteiger charge is 2.37. The van der Waals surface area contributed by atoms with Crippen LogP contribution in [0.1, 0.15) is 33.6 Å². The summed E-state index contributed by atoms with van der Waals surface area (Å²) in [6.45, 7) is 11.2. The topological polar surface area (TPSA) is 9.23 Å². The van der Waals surface area contributed by atoms with E-state index in [0.29, 0.717) is 13.0 Å². The maximum absolute atomic E-state index is 12.5. The Morgan fingerprint density at radius 3 is 2.00 bits per heavy atom. The van der Waals surface area contributed by atoms with Gasteiger partial charge in [0.2, 0.25) is 0 Å². The molecule has 0 fully saturated rings. The summed E-state index contributed by atoms with van der Waals surface area (Å²) in [6.07, 6.45) is 0.338. The highest BCUT2D eigenvalue weighted by atomic mass is 127. The van der Waals surface area contributed by atoms with Gasteiger partial charge in [0, 0.05) is 13.0 Å². The van der Waals surface area contributed by atoms with E-state index in [0.717, 1.165) is 0 Å². The third kappa shape index (κ3) is 6.83. The Hall–Kier alpha value is 0.767. The lowest BCUT2D eigenvalue weighted by molar-refractivity contribution is 0.106. The summed E-state index contributed by atoms with van der Waals surface area (Å²) in [5.41, 5.74) is 0. The van der Waals surface area contributed by atoms with Gasteiger partial charge in [0.25, 0.3) is 3.93 Å². The Morgan fingerprint density at radius 2 is 1.67 bits per heavy atom. The lowest BCUT2D eigenvalue weighted by Crippen LogP contribution is -2.41. The van der Waals surface area contributed by atoms with Gasteiger partial charge in [0.15, 0.2) is 8.32 Å². The van der Waals surface area contributed by atoms with Crippen molar-refractivity contribution in [3.05, 3.63) is 0 Å². The quantitative estimate of drug-likeness (QED) is 0.299. The molecule has 0 radical (unpaired) electrons. The van der Waals surface area contributed by atoms with Gasteiger partial charge in [0.1, 0.15) is 0 Å². The molecule has 92 valence electrons. The molecular formula is C10H21F2IOSi. The van der Waals surface area contributed by atoms with Gasteiger partial charge in [-0.05, 0) is 47.1 Å². The van der Waals surface area contributed by atoms with Crippen molar-refractivity contribution in [2.24, 2.45) is 0 Å². The first-order valence-corrected chi connectivity index (χ1v) is 9.15. The molecule has 1 nitrogen and oxygen atoms in total. The van der Waals surface area contributed by atoms with Crippen LogP contribution in [0.3, 0.4) is 0 Å².